The van der Waals surface area contributed by atoms with Crippen molar-refractivity contribution in [3.8, 4) is 0 Å². The van der Waals surface area contributed by atoms with Crippen molar-refractivity contribution in [3.63, 3.8) is 0 Å². The number of anilines is 2. The van der Waals surface area contributed by atoms with Crippen molar-refractivity contribution in [3.05, 3.63) is 34.9 Å². The molecular weight excluding hydrogens is 254 g/mol. The van der Waals surface area contributed by atoms with Crippen LogP contribution in [0.4, 0.5) is 11.8 Å². The van der Waals surface area contributed by atoms with Crippen molar-refractivity contribution in [2.45, 2.75) is 13.5 Å². The van der Waals surface area contributed by atoms with E-state index in [2.05, 4.69) is 15.4 Å². The van der Waals surface area contributed by atoms with Gasteiger partial charge in [0.2, 0.25) is 5.95 Å². The van der Waals surface area contributed by atoms with Gasteiger partial charge in [-0.05, 0) is 19.1 Å². The Morgan fingerprint density at radius 3 is 2.89 bits per heavy atom. The SMILES string of the molecule is Cc1ccc(CN(C)c2nc(NN)ncc2Cl)o1. The van der Waals surface area contributed by atoms with E-state index in [4.69, 9.17) is 21.9 Å². The van der Waals surface area contributed by atoms with Crippen LogP contribution in [0, 0.1) is 6.92 Å². The second-order valence-corrected chi connectivity index (χ2v) is 4.29. The predicted octanol–water partition coefficient (Wildman–Crippen LogP) is 1.95. The zero-order valence-electron chi connectivity index (χ0n) is 10.1. The van der Waals surface area contributed by atoms with E-state index in [0.29, 0.717) is 23.3 Å². The first kappa shape index (κ1) is 12.7. The monoisotopic (exact) mass is 267 g/mol. The third-order valence-electron chi connectivity index (χ3n) is 2.41. The summed E-state index contributed by atoms with van der Waals surface area (Å²) in [6, 6.07) is 3.83. The van der Waals surface area contributed by atoms with Gasteiger partial charge in [-0.25, -0.2) is 10.8 Å². The molecule has 3 N–H and O–H groups in total. The Morgan fingerprint density at radius 2 is 2.28 bits per heavy atom. The number of furan rings is 1. The second-order valence-electron chi connectivity index (χ2n) is 3.88. The Kier molecular flexibility index (Phi) is 3.69. The fraction of sp³-hybridized carbons (Fsp3) is 0.273. The summed E-state index contributed by atoms with van der Waals surface area (Å²) in [5.74, 6) is 7.89. The lowest BCUT2D eigenvalue weighted by atomic mass is 10.4. The summed E-state index contributed by atoms with van der Waals surface area (Å²) in [4.78, 5) is 9.98. The topological polar surface area (TPSA) is 80.2 Å². The van der Waals surface area contributed by atoms with Gasteiger partial charge < -0.3 is 9.32 Å². The van der Waals surface area contributed by atoms with Gasteiger partial charge in [-0.1, -0.05) is 11.6 Å². The van der Waals surface area contributed by atoms with Crippen molar-refractivity contribution in [1.29, 1.82) is 0 Å². The zero-order valence-corrected chi connectivity index (χ0v) is 10.9. The van der Waals surface area contributed by atoms with Crippen molar-refractivity contribution < 1.29 is 4.42 Å². The quantitative estimate of drug-likeness (QED) is 0.651. The van der Waals surface area contributed by atoms with Crippen LogP contribution in [-0.4, -0.2) is 17.0 Å². The van der Waals surface area contributed by atoms with Crippen LogP contribution < -0.4 is 16.2 Å². The number of hydrazine groups is 1. The Morgan fingerprint density at radius 1 is 1.50 bits per heavy atom. The van der Waals surface area contributed by atoms with Gasteiger partial charge in [0.25, 0.3) is 0 Å². The predicted molar refractivity (Wildman–Crippen MR) is 70.4 cm³/mol. The Balaban J connectivity index is 2.20. The Bertz CT molecular complexity index is 542. The fourth-order valence-electron chi connectivity index (χ4n) is 1.57. The highest BCUT2D eigenvalue weighted by Gasteiger charge is 2.12. The van der Waals surface area contributed by atoms with Gasteiger partial charge in [0.1, 0.15) is 16.5 Å². The summed E-state index contributed by atoms with van der Waals surface area (Å²) in [7, 11) is 1.87. The third-order valence-corrected chi connectivity index (χ3v) is 2.67. The largest absolute Gasteiger partial charge is 0.464 e. The molecule has 0 aliphatic carbocycles. The number of aryl methyl sites for hydroxylation is 1. The van der Waals surface area contributed by atoms with Gasteiger partial charge in [0.05, 0.1) is 12.7 Å². The van der Waals surface area contributed by atoms with Gasteiger partial charge >= 0.3 is 0 Å². The van der Waals surface area contributed by atoms with Crippen LogP contribution in [0.2, 0.25) is 5.02 Å². The average molecular weight is 268 g/mol. The van der Waals surface area contributed by atoms with Crippen molar-refractivity contribution >= 4 is 23.4 Å². The molecule has 2 heterocycles. The molecule has 6 nitrogen and oxygen atoms in total. The van der Waals surface area contributed by atoms with Gasteiger partial charge in [0.15, 0.2) is 5.82 Å². The number of aromatic nitrogens is 2. The van der Waals surface area contributed by atoms with Crippen molar-refractivity contribution in [2.24, 2.45) is 5.84 Å². The molecule has 2 aromatic heterocycles. The van der Waals surface area contributed by atoms with Crippen LogP contribution in [0.1, 0.15) is 11.5 Å². The minimum Gasteiger partial charge on any atom is -0.464 e. The molecular formula is C11H14ClN5O. The number of nitrogen functional groups attached to an aromatic ring is 1. The summed E-state index contributed by atoms with van der Waals surface area (Å²) >= 11 is 6.05. The first-order valence-corrected chi connectivity index (χ1v) is 5.73. The number of nitrogens with zero attached hydrogens (tertiary/aromatic N) is 3. The number of halogens is 1. The van der Waals surface area contributed by atoms with Crippen LogP contribution >= 0.6 is 11.6 Å². The summed E-state index contributed by atoms with van der Waals surface area (Å²) in [6.07, 6.45) is 1.50. The van der Waals surface area contributed by atoms with Crippen LogP contribution in [-0.2, 0) is 6.54 Å². The van der Waals surface area contributed by atoms with Gasteiger partial charge in [-0.3, -0.25) is 5.43 Å². The van der Waals surface area contributed by atoms with Gasteiger partial charge in [-0.2, -0.15) is 4.98 Å². The number of hydrogen-bond donors (Lipinski definition) is 2. The maximum absolute atomic E-state index is 6.05. The van der Waals surface area contributed by atoms with Crippen LogP contribution in [0.25, 0.3) is 0 Å². The standard InChI is InChI=1S/C11H14ClN5O/c1-7-3-4-8(18-7)6-17(2)10-9(12)5-14-11(15-10)16-13/h3-5H,6,13H2,1-2H3,(H,14,15,16). The van der Waals surface area contributed by atoms with Crippen molar-refractivity contribution in [1.82, 2.24) is 9.97 Å². The molecule has 96 valence electrons. The highest BCUT2D eigenvalue weighted by Crippen LogP contribution is 2.24. The van der Waals surface area contributed by atoms with Crippen LogP contribution in [0.5, 0.6) is 0 Å². The molecule has 0 radical (unpaired) electrons. The summed E-state index contributed by atoms with van der Waals surface area (Å²) in [6.45, 7) is 2.46. The van der Waals surface area contributed by atoms with Gasteiger partial charge in [-0.15, -0.1) is 0 Å². The third kappa shape index (κ3) is 2.72. The van der Waals surface area contributed by atoms with E-state index < -0.39 is 0 Å². The lowest BCUT2D eigenvalue weighted by Gasteiger charge is -2.18. The van der Waals surface area contributed by atoms with E-state index in [1.54, 1.807) is 0 Å². The number of hydrogen-bond acceptors (Lipinski definition) is 6. The molecule has 0 spiro atoms. The van der Waals surface area contributed by atoms with E-state index in [1.165, 1.54) is 6.20 Å². The Hall–Kier alpha value is -1.79. The van der Waals surface area contributed by atoms with E-state index >= 15 is 0 Å². The van der Waals surface area contributed by atoms with Crippen LogP contribution in [0.15, 0.2) is 22.7 Å². The van der Waals surface area contributed by atoms with Crippen LogP contribution in [0.3, 0.4) is 0 Å². The molecule has 0 unspecified atom stereocenters. The summed E-state index contributed by atoms with van der Waals surface area (Å²) < 4.78 is 5.50. The summed E-state index contributed by atoms with van der Waals surface area (Å²) in [5, 5.41) is 0.458. The number of rotatable bonds is 4. The lowest BCUT2D eigenvalue weighted by molar-refractivity contribution is 0.481. The zero-order chi connectivity index (χ0) is 13.1. The molecule has 0 aliphatic rings. The Labute approximate surface area is 110 Å². The maximum Gasteiger partial charge on any atom is 0.239 e. The molecule has 0 fully saturated rings. The molecule has 0 saturated heterocycles. The molecule has 2 rings (SSSR count). The summed E-state index contributed by atoms with van der Waals surface area (Å²) in [5.41, 5.74) is 2.39. The molecule has 7 heteroatoms. The highest BCUT2D eigenvalue weighted by atomic mass is 35.5. The first-order chi connectivity index (χ1) is 8.60. The smallest absolute Gasteiger partial charge is 0.239 e. The minimum atomic E-state index is 0.317. The van der Waals surface area contributed by atoms with E-state index in [9.17, 15) is 0 Å². The maximum atomic E-state index is 6.05. The second kappa shape index (κ2) is 5.24. The van der Waals surface area contributed by atoms with E-state index in [-0.39, 0.29) is 0 Å². The molecule has 0 atom stereocenters. The fourth-order valence-corrected chi connectivity index (χ4v) is 1.81. The van der Waals surface area contributed by atoms with Gasteiger partial charge in [0, 0.05) is 7.05 Å². The molecule has 0 aliphatic heterocycles. The van der Waals surface area contributed by atoms with Crippen molar-refractivity contribution in [2.75, 3.05) is 17.4 Å². The first-order valence-electron chi connectivity index (χ1n) is 5.35. The molecule has 0 bridgehead atoms. The number of nitrogens with two attached hydrogens (primary N) is 1. The molecule has 2 aromatic rings. The lowest BCUT2D eigenvalue weighted by Crippen LogP contribution is -2.19. The molecule has 0 aromatic carbocycles. The highest BCUT2D eigenvalue weighted by molar-refractivity contribution is 6.32. The van der Waals surface area contributed by atoms with E-state index in [1.807, 2.05) is 31.0 Å². The molecule has 0 amide bonds. The van der Waals surface area contributed by atoms with E-state index in [0.717, 1.165) is 11.5 Å². The molecule has 0 saturated carbocycles. The number of nitrogens with one attached hydrogen (secondary N) is 1. The normalized spacial score (nSPS) is 10.4. The average Bonchev–Trinajstić information content (AvgIpc) is 2.75. The molecule has 18 heavy (non-hydrogen) atoms. The minimum absolute atomic E-state index is 0.317.